The summed E-state index contributed by atoms with van der Waals surface area (Å²) in [7, 11) is 0. The molecule has 0 fully saturated rings. The third-order valence-electron chi connectivity index (χ3n) is 8.41. The topological polar surface area (TPSA) is 70.8 Å². The number of halogens is 2. The first-order valence-electron chi connectivity index (χ1n) is 16.9. The van der Waals surface area contributed by atoms with Gasteiger partial charge in [-0.1, -0.05) is 155 Å². The van der Waals surface area contributed by atoms with Crippen LogP contribution in [0.3, 0.4) is 0 Å². The Morgan fingerprint density at radius 2 is 0.725 bits per heavy atom. The number of benzene rings is 4. The SMILES string of the molecule is CC(=Nc1ccccc1)c1cc(C(C)(C)C)cc(C(C)(C)C)c1[O-].CC(=Nc1ccccc1)c1cc(C(C)(C)C)cc(C(C)(C)C)c1[O-].[Cl-].[Cl-].[Ti+4]. The maximum atomic E-state index is 13.0. The van der Waals surface area contributed by atoms with Crippen LogP contribution in [0.5, 0.6) is 11.5 Å². The van der Waals surface area contributed by atoms with E-state index in [1.54, 1.807) is 0 Å². The molecule has 0 bridgehead atoms. The molecule has 0 saturated heterocycles. The molecule has 0 aliphatic heterocycles. The van der Waals surface area contributed by atoms with Gasteiger partial charge in [-0.15, -0.1) is 0 Å². The molecule has 0 spiro atoms. The molecule has 0 aliphatic carbocycles. The summed E-state index contributed by atoms with van der Waals surface area (Å²) in [5, 5.41) is 26.1. The predicted octanol–water partition coefficient (Wildman–Crippen LogP) is 5.00. The largest absolute Gasteiger partial charge is 4.00 e. The third-order valence-corrected chi connectivity index (χ3v) is 8.41. The summed E-state index contributed by atoms with van der Waals surface area (Å²) in [4.78, 5) is 9.31. The maximum absolute atomic E-state index is 13.0. The van der Waals surface area contributed by atoms with Crippen LogP contribution < -0.4 is 35.0 Å². The Morgan fingerprint density at radius 3 is 0.961 bits per heavy atom. The van der Waals surface area contributed by atoms with Gasteiger partial charge in [-0.25, -0.2) is 0 Å². The molecule has 0 amide bonds. The second kappa shape index (κ2) is 18.7. The summed E-state index contributed by atoms with van der Waals surface area (Å²) in [5.41, 5.74) is 8.30. The molecule has 0 atom stereocenters. The van der Waals surface area contributed by atoms with E-state index in [1.165, 1.54) is 11.1 Å². The molecule has 51 heavy (non-hydrogen) atoms. The molecule has 0 unspecified atom stereocenters. The Labute approximate surface area is 336 Å². The second-order valence-corrected chi connectivity index (χ2v) is 16.9. The predicted molar refractivity (Wildman–Crippen MR) is 203 cm³/mol. The smallest absolute Gasteiger partial charge is 1.00 e. The monoisotopic (exact) mass is 762 g/mol. The summed E-state index contributed by atoms with van der Waals surface area (Å²) in [5.74, 6) is 0.181. The van der Waals surface area contributed by atoms with Gasteiger partial charge in [0.15, 0.2) is 0 Å². The first kappa shape index (κ1) is 48.1. The quantitative estimate of drug-likeness (QED) is 0.217. The number of hydrogen-bond donors (Lipinski definition) is 0. The Balaban J connectivity index is 0.000000926. The number of rotatable bonds is 4. The minimum absolute atomic E-state index is 0. The van der Waals surface area contributed by atoms with Gasteiger partial charge in [0.1, 0.15) is 0 Å². The fourth-order valence-electron chi connectivity index (χ4n) is 5.29. The molecule has 4 aromatic carbocycles. The molecule has 7 heteroatoms. The molecule has 0 saturated carbocycles. The van der Waals surface area contributed by atoms with Crippen molar-refractivity contribution >= 4 is 22.8 Å². The Bertz CT molecular complexity index is 1640. The van der Waals surface area contributed by atoms with Gasteiger partial charge in [0.2, 0.25) is 0 Å². The molecule has 0 aromatic heterocycles. The van der Waals surface area contributed by atoms with E-state index in [0.29, 0.717) is 11.1 Å². The van der Waals surface area contributed by atoms with Crippen LogP contribution in [0.15, 0.2) is 94.9 Å². The zero-order chi connectivity index (χ0) is 36.2. The fraction of sp³-hybridized carbons (Fsp3) is 0.409. The van der Waals surface area contributed by atoms with Crippen LogP contribution >= 0.6 is 0 Å². The molecule has 0 N–H and O–H groups in total. The van der Waals surface area contributed by atoms with E-state index in [2.05, 4.69) is 105 Å². The summed E-state index contributed by atoms with van der Waals surface area (Å²) in [6.45, 7) is 29.4. The molecule has 272 valence electrons. The average Bonchev–Trinajstić information content (AvgIpc) is 2.96. The van der Waals surface area contributed by atoms with Gasteiger partial charge in [-0.2, -0.15) is 0 Å². The van der Waals surface area contributed by atoms with Crippen LogP contribution in [0.1, 0.15) is 130 Å². The second-order valence-electron chi connectivity index (χ2n) is 16.9. The first-order chi connectivity index (χ1) is 22.0. The standard InChI is InChI=1S/2C22H29NO.2ClH.Ti/c2*1-15(23-17-11-9-8-10-12-17)18-13-16(21(2,3)4)14-19(20(18)24)22(5,6)7;;;/h2*8-14,24H,1-7H3;2*1H;/q;;;;+4/p-4. The van der Waals surface area contributed by atoms with E-state index < -0.39 is 0 Å². The van der Waals surface area contributed by atoms with Crippen molar-refractivity contribution in [2.24, 2.45) is 9.98 Å². The molecule has 0 heterocycles. The molecule has 4 aromatic rings. The van der Waals surface area contributed by atoms with Gasteiger partial charge in [0.25, 0.3) is 0 Å². The molecular formula is C44H56Cl2N2O2Ti. The van der Waals surface area contributed by atoms with Gasteiger partial charge in [0, 0.05) is 11.4 Å². The maximum Gasteiger partial charge on any atom is 4.00 e. The number of nitrogens with zero attached hydrogens (tertiary/aromatic N) is 2. The zero-order valence-corrected chi connectivity index (χ0v) is 36.1. The van der Waals surface area contributed by atoms with Gasteiger partial charge in [-0.05, 0) is 93.2 Å². The third kappa shape index (κ3) is 13.2. The van der Waals surface area contributed by atoms with Crippen LogP contribution in [-0.2, 0) is 43.4 Å². The normalized spacial score (nSPS) is 12.4. The van der Waals surface area contributed by atoms with Gasteiger partial charge in [-0.3, -0.25) is 9.98 Å². The minimum atomic E-state index is -0.194. The Hall–Kier alpha value is -2.89. The molecule has 4 nitrogen and oxygen atoms in total. The Kier molecular flexibility index (Phi) is 17.7. The van der Waals surface area contributed by atoms with Crippen molar-refractivity contribution in [3.8, 4) is 11.5 Å². The van der Waals surface area contributed by atoms with Crippen molar-refractivity contribution in [1.82, 2.24) is 0 Å². The van der Waals surface area contributed by atoms with E-state index >= 15 is 0 Å². The number of hydrogen-bond acceptors (Lipinski definition) is 4. The minimum Gasteiger partial charge on any atom is -1.00 e. The van der Waals surface area contributed by atoms with Gasteiger partial charge in [0.05, 0.1) is 11.4 Å². The zero-order valence-electron chi connectivity index (χ0n) is 33.0. The van der Waals surface area contributed by atoms with Crippen LogP contribution in [0.25, 0.3) is 0 Å². The van der Waals surface area contributed by atoms with E-state index in [9.17, 15) is 10.2 Å². The first-order valence-corrected chi connectivity index (χ1v) is 16.9. The van der Waals surface area contributed by atoms with E-state index in [1.807, 2.05) is 86.6 Å². The number of aliphatic imine (C=N–C) groups is 2. The molecule has 4 rings (SSSR count). The van der Waals surface area contributed by atoms with Crippen LogP contribution in [0.4, 0.5) is 11.4 Å². The van der Waals surface area contributed by atoms with E-state index in [4.69, 9.17) is 0 Å². The summed E-state index contributed by atoms with van der Waals surface area (Å²) < 4.78 is 0. The van der Waals surface area contributed by atoms with Crippen LogP contribution in [0, 0.1) is 0 Å². The van der Waals surface area contributed by atoms with Crippen molar-refractivity contribution in [1.29, 1.82) is 0 Å². The van der Waals surface area contributed by atoms with Gasteiger partial charge < -0.3 is 35.0 Å². The summed E-state index contributed by atoms with van der Waals surface area (Å²) >= 11 is 0. The van der Waals surface area contributed by atoms with Crippen molar-refractivity contribution in [3.05, 3.63) is 118 Å². The molecule has 0 aliphatic rings. The Morgan fingerprint density at radius 1 is 0.451 bits per heavy atom. The number of para-hydroxylation sites is 2. The van der Waals surface area contributed by atoms with Gasteiger partial charge >= 0.3 is 21.7 Å². The van der Waals surface area contributed by atoms with Crippen molar-refractivity contribution in [2.75, 3.05) is 0 Å². The average molecular weight is 764 g/mol. The summed E-state index contributed by atoms with van der Waals surface area (Å²) in [6, 6.07) is 27.7. The van der Waals surface area contributed by atoms with Crippen molar-refractivity contribution in [2.45, 2.75) is 119 Å². The van der Waals surface area contributed by atoms with Crippen LogP contribution in [0.2, 0.25) is 0 Å². The summed E-state index contributed by atoms with van der Waals surface area (Å²) in [6.07, 6.45) is 0. The van der Waals surface area contributed by atoms with Crippen molar-refractivity contribution < 1.29 is 56.7 Å². The van der Waals surface area contributed by atoms with Crippen LogP contribution in [-0.4, -0.2) is 11.4 Å². The molecule has 0 radical (unpaired) electrons. The van der Waals surface area contributed by atoms with Crippen molar-refractivity contribution in [3.63, 3.8) is 0 Å². The fourth-order valence-corrected chi connectivity index (χ4v) is 5.29. The van der Waals surface area contributed by atoms with E-state index in [-0.39, 0.29) is 79.7 Å². The van der Waals surface area contributed by atoms with E-state index in [0.717, 1.165) is 33.9 Å². The molecular weight excluding hydrogens is 707 g/mol.